The molecule has 2 N–H and O–H groups in total. The molecule has 0 aromatic carbocycles. The van der Waals surface area contributed by atoms with E-state index in [1.807, 2.05) is 0 Å². The van der Waals surface area contributed by atoms with E-state index in [0.717, 1.165) is 26.2 Å². The fraction of sp³-hybridized carbons (Fsp3) is 0.889. The Bertz CT molecular complexity index is 216. The molecule has 0 spiro atoms. The largest absolute Gasteiger partial charge is 0.443 e. The summed E-state index contributed by atoms with van der Waals surface area (Å²) in [7, 11) is 0. The molecule has 2 fully saturated rings. The lowest BCUT2D eigenvalue weighted by atomic mass is 10.1. The van der Waals surface area contributed by atoms with E-state index in [4.69, 9.17) is 15.2 Å². The van der Waals surface area contributed by atoms with Crippen LogP contribution in [-0.2, 0) is 9.47 Å². The Balaban J connectivity index is 1.82. The third-order valence-corrected chi connectivity index (χ3v) is 2.72. The number of nitrogens with zero attached hydrogens (tertiary/aromatic N) is 1. The van der Waals surface area contributed by atoms with Crippen molar-refractivity contribution in [1.29, 1.82) is 0 Å². The van der Waals surface area contributed by atoms with Gasteiger partial charge in [0.1, 0.15) is 6.10 Å². The molecule has 5 nitrogen and oxygen atoms in total. The fourth-order valence-electron chi connectivity index (χ4n) is 1.89. The Morgan fingerprint density at radius 2 is 2.43 bits per heavy atom. The summed E-state index contributed by atoms with van der Waals surface area (Å²) < 4.78 is 10.3. The van der Waals surface area contributed by atoms with E-state index in [9.17, 15) is 4.79 Å². The van der Waals surface area contributed by atoms with Crippen LogP contribution in [0.4, 0.5) is 4.79 Å². The van der Waals surface area contributed by atoms with E-state index in [2.05, 4.69) is 0 Å². The lowest BCUT2D eigenvalue weighted by Gasteiger charge is -2.16. The van der Waals surface area contributed by atoms with Crippen LogP contribution in [0.25, 0.3) is 0 Å². The summed E-state index contributed by atoms with van der Waals surface area (Å²) >= 11 is 0. The Labute approximate surface area is 83.1 Å². The van der Waals surface area contributed by atoms with Gasteiger partial charge in [0.25, 0.3) is 0 Å². The highest BCUT2D eigenvalue weighted by Crippen LogP contribution is 2.18. The summed E-state index contributed by atoms with van der Waals surface area (Å²) in [6.45, 7) is 3.36. The predicted molar refractivity (Wildman–Crippen MR) is 49.8 cm³/mol. The standard InChI is InChI=1S/C9H16N2O3/c10-3-8-5-11(9(12)14-8)4-7-1-2-13-6-7/h7-8H,1-6,10H2. The minimum absolute atomic E-state index is 0.121. The average molecular weight is 200 g/mol. The summed E-state index contributed by atoms with van der Waals surface area (Å²) in [5.41, 5.74) is 5.44. The van der Waals surface area contributed by atoms with Crippen molar-refractivity contribution in [2.45, 2.75) is 12.5 Å². The molecule has 0 aromatic rings. The first-order valence-electron chi connectivity index (χ1n) is 5.03. The van der Waals surface area contributed by atoms with Crippen LogP contribution in [0.5, 0.6) is 0 Å². The van der Waals surface area contributed by atoms with Crippen LogP contribution in [0.3, 0.4) is 0 Å². The molecule has 2 saturated heterocycles. The van der Waals surface area contributed by atoms with E-state index in [1.165, 1.54) is 0 Å². The zero-order valence-electron chi connectivity index (χ0n) is 8.15. The second-order valence-electron chi connectivity index (χ2n) is 3.88. The number of rotatable bonds is 3. The topological polar surface area (TPSA) is 64.8 Å². The molecule has 2 unspecified atom stereocenters. The van der Waals surface area contributed by atoms with Crippen molar-refractivity contribution in [2.75, 3.05) is 32.8 Å². The molecule has 0 saturated carbocycles. The highest BCUT2D eigenvalue weighted by Gasteiger charge is 2.32. The van der Waals surface area contributed by atoms with Crippen molar-refractivity contribution >= 4 is 6.09 Å². The second-order valence-corrected chi connectivity index (χ2v) is 3.88. The predicted octanol–water partition coefficient (Wildman–Crippen LogP) is -0.198. The maximum Gasteiger partial charge on any atom is 0.410 e. The van der Waals surface area contributed by atoms with Gasteiger partial charge in [-0.3, -0.25) is 0 Å². The number of carbonyl (C=O) groups excluding carboxylic acids is 1. The number of nitrogens with two attached hydrogens (primary N) is 1. The quantitative estimate of drug-likeness (QED) is 0.685. The van der Waals surface area contributed by atoms with E-state index >= 15 is 0 Å². The summed E-state index contributed by atoms with van der Waals surface area (Å²) in [6.07, 6.45) is 0.689. The van der Waals surface area contributed by atoms with Crippen LogP contribution in [-0.4, -0.2) is 49.9 Å². The molecule has 2 heterocycles. The zero-order chi connectivity index (χ0) is 9.97. The number of hydrogen-bond acceptors (Lipinski definition) is 4. The first-order valence-corrected chi connectivity index (χ1v) is 5.03. The first-order chi connectivity index (χ1) is 6.79. The maximum atomic E-state index is 11.3. The van der Waals surface area contributed by atoms with Crippen LogP contribution >= 0.6 is 0 Å². The lowest BCUT2D eigenvalue weighted by molar-refractivity contribution is 0.131. The van der Waals surface area contributed by atoms with E-state index in [-0.39, 0.29) is 12.2 Å². The van der Waals surface area contributed by atoms with E-state index < -0.39 is 0 Å². The molecule has 2 aliphatic rings. The number of hydrogen-bond donors (Lipinski definition) is 1. The highest BCUT2D eigenvalue weighted by molar-refractivity contribution is 5.69. The van der Waals surface area contributed by atoms with E-state index in [0.29, 0.717) is 19.0 Å². The SMILES string of the molecule is NCC1CN(CC2CCOC2)C(=O)O1. The minimum atomic E-state index is -0.229. The Hall–Kier alpha value is -0.810. The lowest BCUT2D eigenvalue weighted by Crippen LogP contribution is -2.32. The van der Waals surface area contributed by atoms with Crippen molar-refractivity contribution in [1.82, 2.24) is 4.90 Å². The van der Waals surface area contributed by atoms with Gasteiger partial charge in [0, 0.05) is 25.6 Å². The van der Waals surface area contributed by atoms with Gasteiger partial charge >= 0.3 is 6.09 Å². The van der Waals surface area contributed by atoms with Crippen LogP contribution in [0.2, 0.25) is 0 Å². The van der Waals surface area contributed by atoms with Crippen molar-refractivity contribution in [3.63, 3.8) is 0 Å². The summed E-state index contributed by atoms with van der Waals surface area (Å²) in [5.74, 6) is 0.471. The van der Waals surface area contributed by atoms with Gasteiger partial charge in [-0.25, -0.2) is 4.79 Å². The molecule has 0 aromatic heterocycles. The van der Waals surface area contributed by atoms with Crippen LogP contribution in [0, 0.1) is 5.92 Å². The van der Waals surface area contributed by atoms with Gasteiger partial charge in [-0.1, -0.05) is 0 Å². The van der Waals surface area contributed by atoms with Crippen molar-refractivity contribution in [3.05, 3.63) is 0 Å². The molecular formula is C9H16N2O3. The molecule has 80 valence electrons. The monoisotopic (exact) mass is 200 g/mol. The smallest absolute Gasteiger partial charge is 0.410 e. The van der Waals surface area contributed by atoms with Gasteiger partial charge in [-0.15, -0.1) is 0 Å². The normalized spacial score (nSPS) is 32.4. The molecule has 2 atom stereocenters. The summed E-state index contributed by atoms with van der Waals surface area (Å²) in [6, 6.07) is 0. The molecule has 0 bridgehead atoms. The third-order valence-electron chi connectivity index (χ3n) is 2.72. The molecule has 2 rings (SSSR count). The Morgan fingerprint density at radius 1 is 1.57 bits per heavy atom. The van der Waals surface area contributed by atoms with Crippen molar-refractivity contribution < 1.29 is 14.3 Å². The van der Waals surface area contributed by atoms with Gasteiger partial charge in [-0.2, -0.15) is 0 Å². The average Bonchev–Trinajstić information content (AvgIpc) is 2.78. The zero-order valence-corrected chi connectivity index (χ0v) is 8.15. The van der Waals surface area contributed by atoms with Gasteiger partial charge in [0.15, 0.2) is 0 Å². The minimum Gasteiger partial charge on any atom is -0.443 e. The Morgan fingerprint density at radius 3 is 3.00 bits per heavy atom. The highest BCUT2D eigenvalue weighted by atomic mass is 16.6. The fourth-order valence-corrected chi connectivity index (χ4v) is 1.89. The summed E-state index contributed by atoms with van der Waals surface area (Å²) in [4.78, 5) is 13.1. The van der Waals surface area contributed by atoms with Crippen LogP contribution in [0.15, 0.2) is 0 Å². The Kier molecular flexibility index (Phi) is 2.88. The van der Waals surface area contributed by atoms with Crippen molar-refractivity contribution in [2.24, 2.45) is 11.7 Å². The number of cyclic esters (lactones) is 1. The molecular weight excluding hydrogens is 184 g/mol. The van der Waals surface area contributed by atoms with Crippen LogP contribution < -0.4 is 5.73 Å². The third kappa shape index (κ3) is 1.99. The molecule has 14 heavy (non-hydrogen) atoms. The summed E-state index contributed by atoms with van der Waals surface area (Å²) in [5, 5.41) is 0. The number of ether oxygens (including phenoxy) is 2. The van der Waals surface area contributed by atoms with Gasteiger partial charge < -0.3 is 20.1 Å². The molecule has 2 aliphatic heterocycles. The first kappa shape index (κ1) is 9.73. The molecule has 0 aliphatic carbocycles. The second kappa shape index (κ2) is 4.14. The molecule has 5 heteroatoms. The number of amides is 1. The molecule has 1 amide bonds. The van der Waals surface area contributed by atoms with Gasteiger partial charge in [0.05, 0.1) is 13.2 Å². The van der Waals surface area contributed by atoms with E-state index in [1.54, 1.807) is 4.90 Å². The van der Waals surface area contributed by atoms with Crippen molar-refractivity contribution in [3.8, 4) is 0 Å². The maximum absolute atomic E-state index is 11.3. The number of carbonyl (C=O) groups is 1. The van der Waals surface area contributed by atoms with Gasteiger partial charge in [0.2, 0.25) is 0 Å². The van der Waals surface area contributed by atoms with Crippen LogP contribution in [0.1, 0.15) is 6.42 Å². The molecule has 0 radical (unpaired) electrons. The van der Waals surface area contributed by atoms with Gasteiger partial charge in [-0.05, 0) is 6.42 Å².